The van der Waals surface area contributed by atoms with Crippen LogP contribution in [-0.2, 0) is 34.0 Å². The molecule has 1 N–H and O–H groups in total. The number of ether oxygens (including phenoxy) is 2. The van der Waals surface area contributed by atoms with Gasteiger partial charge in [0.15, 0.2) is 0 Å². The van der Waals surface area contributed by atoms with Crippen molar-refractivity contribution in [2.45, 2.75) is 64.5 Å². The van der Waals surface area contributed by atoms with Crippen molar-refractivity contribution in [3.05, 3.63) is 64.5 Å². The number of nitrogens with zero attached hydrogens (tertiary/aromatic N) is 2. The van der Waals surface area contributed by atoms with E-state index in [9.17, 15) is 14.4 Å². The lowest BCUT2D eigenvalue weighted by atomic mass is 10.0. The minimum Gasteiger partial charge on any atom is -0.488 e. The fourth-order valence-electron chi connectivity index (χ4n) is 4.21. The maximum Gasteiger partial charge on any atom is 0.255 e. The molecule has 36 heavy (non-hydrogen) atoms. The lowest BCUT2D eigenvalue weighted by Crippen LogP contribution is -2.52. The van der Waals surface area contributed by atoms with E-state index in [0.717, 1.165) is 24.8 Å². The first kappa shape index (κ1) is 15.1. The Labute approximate surface area is 223 Å². The van der Waals surface area contributed by atoms with Gasteiger partial charge in [-0.15, -0.1) is 0 Å². The van der Waals surface area contributed by atoms with Gasteiger partial charge in [-0.1, -0.05) is 18.2 Å². The second-order valence-electron chi connectivity index (χ2n) is 8.44. The van der Waals surface area contributed by atoms with E-state index in [1.54, 1.807) is 5.32 Å². The van der Waals surface area contributed by atoms with Crippen LogP contribution in [0.1, 0.15) is 67.3 Å². The molecule has 0 aliphatic carbocycles. The Morgan fingerprint density at radius 3 is 2.72 bits per heavy atom. The molecule has 3 amide bonds. The van der Waals surface area contributed by atoms with Crippen LogP contribution in [0.15, 0.2) is 36.4 Å². The Bertz CT molecular complexity index is 1610. The highest BCUT2D eigenvalue weighted by atomic mass is 19.1. The van der Waals surface area contributed by atoms with Gasteiger partial charge in [-0.25, -0.2) is 4.39 Å². The van der Waals surface area contributed by atoms with Crippen molar-refractivity contribution in [1.29, 1.82) is 0 Å². The third kappa shape index (κ3) is 4.99. The lowest BCUT2D eigenvalue weighted by Gasteiger charge is -2.35. The fourth-order valence-corrected chi connectivity index (χ4v) is 4.21. The molecule has 3 aliphatic rings. The number of rotatable bonds is 6. The van der Waals surface area contributed by atoms with Crippen LogP contribution in [0.25, 0.3) is 0 Å². The minimum atomic E-state index is -3.11. The number of carbonyl (C=O) groups excluding carboxylic acids is 3. The van der Waals surface area contributed by atoms with Gasteiger partial charge < -0.3 is 14.4 Å². The Morgan fingerprint density at radius 2 is 1.97 bits per heavy atom. The lowest BCUT2D eigenvalue weighted by molar-refractivity contribution is -0.136. The number of benzene rings is 2. The third-order valence-electron chi connectivity index (χ3n) is 5.80. The summed E-state index contributed by atoms with van der Waals surface area (Å²) in [7, 11) is 0. The molecule has 2 aromatic carbocycles. The summed E-state index contributed by atoms with van der Waals surface area (Å²) >= 11 is 0. The standard InChI is InChI=1S/C27H30FN3O5/c1-16-11-30(12-17(2)36-16)13-18-6-7-19(22(28)10-18)15-35-24-5-3-4-20-21(24)14-31(27(20)34)23-8-9-25(32)29-26(23)33/h3-7,10,16-17,23H,8-9,11-15H2,1-2H3,(H,29,32,33)/i8D2,9D2,11D2,12D2,16D,17D. The summed E-state index contributed by atoms with van der Waals surface area (Å²) in [5.74, 6) is -4.10. The predicted octanol–water partition coefficient (Wildman–Crippen LogP) is 2.77. The van der Waals surface area contributed by atoms with Gasteiger partial charge in [-0.2, -0.15) is 0 Å². The van der Waals surface area contributed by atoms with Crippen LogP contribution in [0.4, 0.5) is 4.39 Å². The topological polar surface area (TPSA) is 88.2 Å². The molecule has 190 valence electrons. The number of morpholine rings is 1. The number of imide groups is 1. The van der Waals surface area contributed by atoms with Gasteiger partial charge in [0.05, 0.1) is 21.4 Å². The zero-order valence-electron chi connectivity index (χ0n) is 29.5. The average molecular weight is 506 g/mol. The van der Waals surface area contributed by atoms with E-state index in [2.05, 4.69) is 0 Å². The quantitative estimate of drug-likeness (QED) is 0.608. The molecule has 2 aromatic rings. The second-order valence-corrected chi connectivity index (χ2v) is 8.44. The van der Waals surface area contributed by atoms with E-state index < -0.39 is 74.0 Å². The molecule has 5 rings (SSSR count). The number of nitrogens with one attached hydrogen (secondary N) is 1. The number of amides is 3. The molecule has 9 heteroatoms. The van der Waals surface area contributed by atoms with Crippen molar-refractivity contribution < 1.29 is 42.0 Å². The highest BCUT2D eigenvalue weighted by Gasteiger charge is 2.40. The first-order chi connectivity index (χ1) is 21.0. The fraction of sp³-hybridized carbons (Fsp3) is 0.444. The molecule has 0 saturated carbocycles. The molecule has 0 radical (unpaired) electrons. The molecular weight excluding hydrogens is 465 g/mol. The molecule has 0 spiro atoms. The molecule has 0 aromatic heterocycles. The van der Waals surface area contributed by atoms with Crippen LogP contribution in [0.2, 0.25) is 0 Å². The van der Waals surface area contributed by atoms with Crippen LogP contribution < -0.4 is 10.1 Å². The molecule has 3 heterocycles. The van der Waals surface area contributed by atoms with Gasteiger partial charge in [0.25, 0.3) is 5.91 Å². The SMILES string of the molecule is [2H]C1(C)OC([2H])(C)C([2H])([2H])N(Cc2ccc(COc3cccc4c3CN(C3C(=O)NC(=O)C([2H])([2H])C3([2H])[2H])C4=O)c(F)c2)C1([2H])[2H]. The molecule has 3 aliphatic heterocycles. The van der Waals surface area contributed by atoms with Gasteiger partial charge in [0.2, 0.25) is 11.8 Å². The van der Waals surface area contributed by atoms with Gasteiger partial charge in [0, 0.05) is 53.6 Å². The van der Waals surface area contributed by atoms with E-state index >= 15 is 4.39 Å². The monoisotopic (exact) mass is 505 g/mol. The number of carbonyl (C=O) groups is 3. The largest absolute Gasteiger partial charge is 0.488 e. The summed E-state index contributed by atoms with van der Waals surface area (Å²) in [5, 5.41) is 1.78. The summed E-state index contributed by atoms with van der Waals surface area (Å²) in [6.45, 7) is -4.48. The Hall–Kier alpha value is -3.30. The summed E-state index contributed by atoms with van der Waals surface area (Å²) < 4.78 is 109. The zero-order valence-corrected chi connectivity index (χ0v) is 19.5. The number of fused-ring (bicyclic) bond motifs is 1. The first-order valence-electron chi connectivity index (χ1n) is 16.1. The Morgan fingerprint density at radius 1 is 1.19 bits per heavy atom. The number of hydrogen-bond donors (Lipinski definition) is 1. The summed E-state index contributed by atoms with van der Waals surface area (Å²) in [5.41, 5.74) is 0.453. The van der Waals surface area contributed by atoms with E-state index in [1.165, 1.54) is 30.3 Å². The van der Waals surface area contributed by atoms with E-state index in [1.807, 2.05) is 0 Å². The molecule has 8 nitrogen and oxygen atoms in total. The second kappa shape index (κ2) is 9.99. The molecule has 2 fully saturated rings. The van der Waals surface area contributed by atoms with E-state index in [4.69, 9.17) is 23.2 Å². The maximum atomic E-state index is 15.3. The van der Waals surface area contributed by atoms with Gasteiger partial charge >= 0.3 is 0 Å². The number of hydrogen-bond acceptors (Lipinski definition) is 6. The van der Waals surface area contributed by atoms with Crippen LogP contribution >= 0.6 is 0 Å². The summed E-state index contributed by atoms with van der Waals surface area (Å²) in [6, 6.07) is 6.15. The normalized spacial score (nSPS) is 38.4. The average Bonchev–Trinajstić information content (AvgIpc) is 3.25. The third-order valence-corrected chi connectivity index (χ3v) is 5.80. The van der Waals surface area contributed by atoms with Gasteiger partial charge in [-0.3, -0.25) is 24.6 Å². The molecule has 3 atom stereocenters. The van der Waals surface area contributed by atoms with Crippen LogP contribution in [0, 0.1) is 5.82 Å². The first-order valence-corrected chi connectivity index (χ1v) is 11.1. The Balaban J connectivity index is 1.35. The number of halogens is 1. The van der Waals surface area contributed by atoms with Crippen molar-refractivity contribution >= 4 is 17.7 Å². The van der Waals surface area contributed by atoms with E-state index in [-0.39, 0.29) is 41.2 Å². The summed E-state index contributed by atoms with van der Waals surface area (Å²) in [6.07, 6.45) is -10.8. The van der Waals surface area contributed by atoms with Crippen LogP contribution in [-0.4, -0.2) is 58.7 Å². The molecule has 0 bridgehead atoms. The highest BCUT2D eigenvalue weighted by Crippen LogP contribution is 2.34. The molecular formula is C27H30FN3O5. The van der Waals surface area contributed by atoms with Crippen LogP contribution in [0.3, 0.4) is 0 Å². The predicted molar refractivity (Wildman–Crippen MR) is 129 cm³/mol. The Kier molecular flexibility index (Phi) is 4.18. The molecule has 3 unspecified atom stereocenters. The van der Waals surface area contributed by atoms with Gasteiger partial charge in [0.1, 0.15) is 24.2 Å². The zero-order chi connectivity index (χ0) is 34.4. The van der Waals surface area contributed by atoms with Gasteiger partial charge in [-0.05, 0) is 44.0 Å². The maximum absolute atomic E-state index is 15.3. The van der Waals surface area contributed by atoms with Crippen molar-refractivity contribution in [2.75, 3.05) is 13.0 Å². The molecule has 2 saturated heterocycles. The summed E-state index contributed by atoms with van der Waals surface area (Å²) in [4.78, 5) is 39.3. The number of piperidine rings is 1. The van der Waals surface area contributed by atoms with Crippen molar-refractivity contribution in [3.8, 4) is 5.75 Å². The smallest absolute Gasteiger partial charge is 0.255 e. The minimum absolute atomic E-state index is 0.0286. The highest BCUT2D eigenvalue weighted by molar-refractivity contribution is 6.05. The van der Waals surface area contributed by atoms with Crippen molar-refractivity contribution in [2.24, 2.45) is 0 Å². The van der Waals surface area contributed by atoms with Crippen molar-refractivity contribution in [1.82, 2.24) is 15.1 Å². The van der Waals surface area contributed by atoms with Crippen LogP contribution in [0.5, 0.6) is 5.75 Å². The van der Waals surface area contributed by atoms with Crippen molar-refractivity contribution in [3.63, 3.8) is 0 Å². The van der Waals surface area contributed by atoms with E-state index in [0.29, 0.717) is 4.90 Å².